The maximum Gasteiger partial charge on any atom is 0.408 e. The SMILES string of the molecule is CC(C)(C)OC(=O)NC1(CCc2ccc(N)cc2)COC(C)(C)OC1. The molecule has 0 unspecified atom stereocenters. The van der Waals surface area contributed by atoms with E-state index in [1.807, 2.05) is 58.9 Å². The molecule has 6 heteroatoms. The Bertz CT molecular complexity index is 580. The molecule has 1 aromatic rings. The van der Waals surface area contributed by atoms with Gasteiger partial charge in [-0.1, -0.05) is 12.1 Å². The first-order valence-corrected chi connectivity index (χ1v) is 8.62. The van der Waals surface area contributed by atoms with Gasteiger partial charge in [0.25, 0.3) is 0 Å². The highest BCUT2D eigenvalue weighted by Crippen LogP contribution is 2.27. The predicted molar refractivity (Wildman–Crippen MR) is 97.3 cm³/mol. The van der Waals surface area contributed by atoms with Crippen LogP contribution < -0.4 is 11.1 Å². The van der Waals surface area contributed by atoms with E-state index in [9.17, 15) is 4.79 Å². The second kappa shape index (κ2) is 7.22. The third kappa shape index (κ3) is 6.21. The average Bonchev–Trinajstić information content (AvgIpc) is 2.48. The first-order chi connectivity index (χ1) is 11.5. The molecule has 1 aromatic carbocycles. The number of ether oxygens (including phenoxy) is 3. The molecule has 1 saturated heterocycles. The summed E-state index contributed by atoms with van der Waals surface area (Å²) < 4.78 is 17.0. The quantitative estimate of drug-likeness (QED) is 0.815. The molecule has 0 bridgehead atoms. The number of rotatable bonds is 4. The highest BCUT2D eigenvalue weighted by molar-refractivity contribution is 5.69. The molecular formula is C19H30N2O4. The second-order valence-corrected chi connectivity index (χ2v) is 8.13. The molecule has 140 valence electrons. The van der Waals surface area contributed by atoms with Gasteiger partial charge in [0.05, 0.1) is 18.8 Å². The number of nitrogens with two attached hydrogens (primary N) is 1. The first-order valence-electron chi connectivity index (χ1n) is 8.62. The minimum absolute atomic E-state index is 0.369. The van der Waals surface area contributed by atoms with Crippen molar-refractivity contribution in [1.29, 1.82) is 0 Å². The van der Waals surface area contributed by atoms with E-state index in [1.54, 1.807) is 0 Å². The Morgan fingerprint density at radius 3 is 2.28 bits per heavy atom. The lowest BCUT2D eigenvalue weighted by molar-refractivity contribution is -0.271. The lowest BCUT2D eigenvalue weighted by Crippen LogP contribution is -2.61. The van der Waals surface area contributed by atoms with E-state index < -0.39 is 23.0 Å². The van der Waals surface area contributed by atoms with Gasteiger partial charge in [0.15, 0.2) is 5.79 Å². The standard InChI is InChI=1S/C19H30N2O4/c1-17(2,3)25-16(22)21-19(12-23-18(4,5)24-13-19)11-10-14-6-8-15(20)9-7-14/h6-9H,10-13,20H2,1-5H3,(H,21,22). The summed E-state index contributed by atoms with van der Waals surface area (Å²) in [5.74, 6) is -0.652. The van der Waals surface area contributed by atoms with E-state index in [0.717, 1.165) is 17.7 Å². The molecule has 1 amide bonds. The Hall–Kier alpha value is -1.79. The molecular weight excluding hydrogens is 320 g/mol. The third-order valence-electron chi connectivity index (χ3n) is 4.03. The van der Waals surface area contributed by atoms with Crippen molar-refractivity contribution in [1.82, 2.24) is 5.32 Å². The molecule has 3 N–H and O–H groups in total. The van der Waals surface area contributed by atoms with Crippen molar-refractivity contribution < 1.29 is 19.0 Å². The van der Waals surface area contributed by atoms with E-state index in [-0.39, 0.29) is 0 Å². The van der Waals surface area contributed by atoms with Crippen LogP contribution in [0.3, 0.4) is 0 Å². The van der Waals surface area contributed by atoms with Gasteiger partial charge in [0, 0.05) is 5.69 Å². The Labute approximate surface area is 150 Å². The fourth-order valence-corrected chi connectivity index (χ4v) is 2.57. The van der Waals surface area contributed by atoms with E-state index in [1.165, 1.54) is 0 Å². The van der Waals surface area contributed by atoms with Crippen LogP contribution in [-0.4, -0.2) is 36.2 Å². The Morgan fingerprint density at radius 2 is 1.76 bits per heavy atom. The molecule has 0 radical (unpaired) electrons. The zero-order valence-corrected chi connectivity index (χ0v) is 15.8. The number of carbonyl (C=O) groups excluding carboxylic acids is 1. The fraction of sp³-hybridized carbons (Fsp3) is 0.632. The van der Waals surface area contributed by atoms with E-state index in [4.69, 9.17) is 19.9 Å². The van der Waals surface area contributed by atoms with Crippen LogP contribution in [0, 0.1) is 0 Å². The Kier molecular flexibility index (Phi) is 5.64. The van der Waals surface area contributed by atoms with Crippen LogP contribution in [0.1, 0.15) is 46.6 Å². The smallest absolute Gasteiger partial charge is 0.408 e. The molecule has 2 rings (SSSR count). The van der Waals surface area contributed by atoms with Crippen molar-refractivity contribution in [3.05, 3.63) is 29.8 Å². The van der Waals surface area contributed by atoms with Gasteiger partial charge < -0.3 is 25.3 Å². The summed E-state index contributed by atoms with van der Waals surface area (Å²) in [5, 5.41) is 2.97. The molecule has 1 aliphatic heterocycles. The third-order valence-corrected chi connectivity index (χ3v) is 4.03. The summed E-state index contributed by atoms with van der Waals surface area (Å²) in [6.07, 6.45) is 0.979. The maximum atomic E-state index is 12.3. The molecule has 0 saturated carbocycles. The molecule has 0 aliphatic carbocycles. The number of carbonyl (C=O) groups is 1. The predicted octanol–water partition coefficient (Wildman–Crippen LogP) is 3.25. The van der Waals surface area contributed by atoms with Crippen molar-refractivity contribution in [2.75, 3.05) is 18.9 Å². The minimum atomic E-state index is -0.652. The number of hydrogen-bond donors (Lipinski definition) is 2. The molecule has 1 fully saturated rings. The van der Waals surface area contributed by atoms with E-state index in [0.29, 0.717) is 19.6 Å². The van der Waals surface area contributed by atoms with Gasteiger partial charge in [-0.2, -0.15) is 0 Å². The second-order valence-electron chi connectivity index (χ2n) is 8.13. The van der Waals surface area contributed by atoms with Gasteiger partial charge in [-0.15, -0.1) is 0 Å². The molecule has 0 atom stereocenters. The summed E-state index contributed by atoms with van der Waals surface area (Å²) in [6, 6.07) is 7.73. The minimum Gasteiger partial charge on any atom is -0.444 e. The number of anilines is 1. The number of nitrogen functional groups attached to an aromatic ring is 1. The molecule has 25 heavy (non-hydrogen) atoms. The Morgan fingerprint density at radius 1 is 1.20 bits per heavy atom. The monoisotopic (exact) mass is 350 g/mol. The van der Waals surface area contributed by atoms with Gasteiger partial charge in [0.2, 0.25) is 0 Å². The summed E-state index contributed by atoms with van der Waals surface area (Å²) in [7, 11) is 0. The summed E-state index contributed by atoms with van der Waals surface area (Å²) in [5.41, 5.74) is 6.42. The van der Waals surface area contributed by atoms with Gasteiger partial charge >= 0.3 is 6.09 Å². The topological polar surface area (TPSA) is 82.8 Å². The van der Waals surface area contributed by atoms with Crippen molar-refractivity contribution in [2.24, 2.45) is 0 Å². The molecule has 1 aliphatic rings. The van der Waals surface area contributed by atoms with Crippen molar-refractivity contribution in [2.45, 2.75) is 64.4 Å². The van der Waals surface area contributed by atoms with Gasteiger partial charge in [0.1, 0.15) is 5.60 Å². The Balaban J connectivity index is 2.06. The highest BCUT2D eigenvalue weighted by atomic mass is 16.7. The number of benzene rings is 1. The van der Waals surface area contributed by atoms with Crippen molar-refractivity contribution in [3.63, 3.8) is 0 Å². The summed E-state index contributed by atoms with van der Waals surface area (Å²) in [6.45, 7) is 9.98. The lowest BCUT2D eigenvalue weighted by Gasteiger charge is -2.44. The van der Waals surface area contributed by atoms with Crippen LogP contribution >= 0.6 is 0 Å². The highest BCUT2D eigenvalue weighted by Gasteiger charge is 2.41. The number of aryl methyl sites for hydroxylation is 1. The van der Waals surface area contributed by atoms with Crippen LogP contribution in [-0.2, 0) is 20.6 Å². The van der Waals surface area contributed by atoms with Crippen LogP contribution in [0.15, 0.2) is 24.3 Å². The van der Waals surface area contributed by atoms with Crippen LogP contribution in [0.5, 0.6) is 0 Å². The number of amides is 1. The number of hydrogen-bond acceptors (Lipinski definition) is 5. The van der Waals surface area contributed by atoms with Crippen molar-refractivity contribution in [3.8, 4) is 0 Å². The van der Waals surface area contributed by atoms with Crippen LogP contribution in [0.2, 0.25) is 0 Å². The van der Waals surface area contributed by atoms with Gasteiger partial charge in [-0.25, -0.2) is 4.79 Å². The largest absolute Gasteiger partial charge is 0.444 e. The maximum absolute atomic E-state index is 12.3. The summed E-state index contributed by atoms with van der Waals surface area (Å²) >= 11 is 0. The first kappa shape index (κ1) is 19.5. The molecule has 1 heterocycles. The number of nitrogens with one attached hydrogen (secondary N) is 1. The normalized spacial score (nSPS) is 19.2. The molecule has 0 spiro atoms. The van der Waals surface area contributed by atoms with Crippen LogP contribution in [0.25, 0.3) is 0 Å². The number of alkyl carbamates (subject to hydrolysis) is 1. The van der Waals surface area contributed by atoms with Crippen LogP contribution in [0.4, 0.5) is 10.5 Å². The molecule has 0 aromatic heterocycles. The summed E-state index contributed by atoms with van der Waals surface area (Å²) in [4.78, 5) is 12.3. The van der Waals surface area contributed by atoms with Gasteiger partial charge in [-0.05, 0) is 65.2 Å². The van der Waals surface area contributed by atoms with Gasteiger partial charge in [-0.3, -0.25) is 0 Å². The average molecular weight is 350 g/mol. The zero-order valence-electron chi connectivity index (χ0n) is 15.8. The molecule has 6 nitrogen and oxygen atoms in total. The fourth-order valence-electron chi connectivity index (χ4n) is 2.57. The zero-order chi connectivity index (χ0) is 18.7. The lowest BCUT2D eigenvalue weighted by atomic mass is 9.91. The van der Waals surface area contributed by atoms with Crippen molar-refractivity contribution >= 4 is 11.8 Å². The van der Waals surface area contributed by atoms with E-state index >= 15 is 0 Å². The van der Waals surface area contributed by atoms with E-state index in [2.05, 4.69) is 5.32 Å².